The molecule has 0 aliphatic carbocycles. The van der Waals surface area contributed by atoms with E-state index in [1.54, 1.807) is 92.2 Å². The summed E-state index contributed by atoms with van der Waals surface area (Å²) in [6, 6.07) is 26.2. The van der Waals surface area contributed by atoms with E-state index in [9.17, 15) is 46.0 Å². The Labute approximate surface area is 583 Å². The Morgan fingerprint density at radius 1 is 0.552 bits per heavy atom. The molecule has 0 fully saturated rings. The number of amides is 1. The van der Waals surface area contributed by atoms with Gasteiger partial charge >= 0.3 is 55.1 Å². The fourth-order valence-corrected chi connectivity index (χ4v) is 9.05. The van der Waals surface area contributed by atoms with Gasteiger partial charge in [0.2, 0.25) is 29.4 Å². The average molecular weight is 1660 g/mol. The number of alkyl halides is 6. The van der Waals surface area contributed by atoms with Crippen LogP contribution < -0.4 is 27.0 Å². The molecule has 11 aromatic rings. The van der Waals surface area contributed by atoms with Crippen LogP contribution in [0, 0.1) is 44.7 Å². The number of halogens is 11. The van der Waals surface area contributed by atoms with Crippen LogP contribution in [0.1, 0.15) is 61.0 Å². The number of nitrogens with one attached hydrogen (secondary N) is 4. The van der Waals surface area contributed by atoms with Crippen LogP contribution in [0.15, 0.2) is 169 Å². The predicted octanol–water partition coefficient (Wildman–Crippen LogP) is 16.8. The number of carbonyl (C=O) groups is 2. The zero-order chi connectivity index (χ0) is 70.0. The summed E-state index contributed by atoms with van der Waals surface area (Å²) in [4.78, 5) is 78.4. The topological polar surface area (TPSA) is 340 Å². The fourth-order valence-electron chi connectivity index (χ4n) is 7.95. The third-order valence-electron chi connectivity index (χ3n) is 12.3. The molecule has 0 aliphatic rings. The van der Waals surface area contributed by atoms with E-state index in [0.717, 1.165) is 65.1 Å². The summed E-state index contributed by atoms with van der Waals surface area (Å²) in [5.74, 6) is -5.25. The van der Waals surface area contributed by atoms with Gasteiger partial charge in [0, 0.05) is 135 Å². The number of aromatic nitrogens is 11. The summed E-state index contributed by atoms with van der Waals surface area (Å²) in [7, 11) is 9.87. The van der Waals surface area contributed by atoms with Crippen LogP contribution in [0.2, 0.25) is 0 Å². The van der Waals surface area contributed by atoms with E-state index in [4.69, 9.17) is 28.7 Å². The molecule has 0 spiro atoms. The number of carbonyl (C=O) groups excluding carboxylic acids is 1. The molecule has 8 aromatic heterocycles. The Morgan fingerprint density at radius 3 is 1.31 bits per heavy atom. The molecule has 24 nitrogen and oxygen atoms in total. The number of benzene rings is 3. The van der Waals surface area contributed by atoms with Gasteiger partial charge in [-0.05, 0) is 146 Å². The minimum absolute atomic E-state index is 0.00967. The molecule has 7 N–H and O–H groups in total. The van der Waals surface area contributed by atoms with Gasteiger partial charge in [0.15, 0.2) is 23.2 Å². The van der Waals surface area contributed by atoms with Gasteiger partial charge in [-0.1, -0.05) is 18.2 Å². The predicted molar refractivity (Wildman–Crippen MR) is 358 cm³/mol. The van der Waals surface area contributed by atoms with Gasteiger partial charge in [-0.15, -0.1) is 0 Å². The summed E-state index contributed by atoms with van der Waals surface area (Å²) in [5, 5.41) is 31.0. The number of rotatable bonds is 13. The molecule has 0 bridgehead atoms. The fraction of sp³-hybridized carbons (Fsp3) is 0.117. The third kappa shape index (κ3) is 21.6. The van der Waals surface area contributed by atoms with E-state index in [2.05, 4.69) is 133 Å². The average Bonchev–Trinajstić information content (AvgIpc) is 1.62. The van der Waals surface area contributed by atoms with Gasteiger partial charge in [0.1, 0.15) is 0 Å². The zero-order valence-corrected chi connectivity index (χ0v) is 59.0. The normalized spacial score (nSPS) is 10.8. The molecule has 0 saturated carbocycles. The number of oxazole rings is 2. The molecule has 96 heavy (non-hydrogen) atoms. The molecule has 2 radical (unpaired) electrons. The van der Waals surface area contributed by atoms with Crippen molar-refractivity contribution in [1.82, 2.24) is 54.8 Å². The molecule has 11 rings (SSSR count). The zero-order valence-electron chi connectivity index (χ0n) is 49.9. The van der Waals surface area contributed by atoms with Crippen molar-refractivity contribution in [3.63, 3.8) is 0 Å². The number of hydrogen-bond acceptors (Lipinski definition) is 21. The second-order valence-corrected chi connectivity index (χ2v) is 26.3. The molecule has 0 aliphatic heterocycles. The number of nitrogens with zero attached hydrogens (tertiary/aromatic N) is 12. The molecule has 3 aromatic carbocycles. The van der Waals surface area contributed by atoms with Crippen molar-refractivity contribution < 1.29 is 54.8 Å². The molecule has 1 amide bonds. The molecule has 36 heteroatoms. The van der Waals surface area contributed by atoms with Crippen LogP contribution in [-0.2, 0) is 12.4 Å². The summed E-state index contributed by atoms with van der Waals surface area (Å²) in [6.07, 6.45) is 5.47. The van der Waals surface area contributed by atoms with Gasteiger partial charge in [-0.2, -0.15) is 26.3 Å². The third-order valence-corrected chi connectivity index (χ3v) is 13.6. The van der Waals surface area contributed by atoms with Gasteiger partial charge in [-0.25, -0.2) is 44.7 Å². The van der Waals surface area contributed by atoms with Crippen molar-refractivity contribution in [2.24, 2.45) is 0 Å². The Balaban J connectivity index is 0.000000186. The molecular weight excluding hydrogens is 1610 g/mol. The monoisotopic (exact) mass is 1660 g/mol. The summed E-state index contributed by atoms with van der Waals surface area (Å²) in [6.45, 7) is 8.05. The molecule has 494 valence electrons. The van der Waals surface area contributed by atoms with Gasteiger partial charge in [-0.3, -0.25) is 29.9 Å². The number of aromatic carboxylic acids is 1. The number of hydrogen-bond donors (Lipinski definition) is 6. The van der Waals surface area contributed by atoms with Gasteiger partial charge in [0.05, 0.1) is 27.7 Å². The van der Waals surface area contributed by atoms with Crippen LogP contribution in [-0.4, -0.2) is 95.6 Å². The Hall–Kier alpha value is -9.29. The number of carboxylic acid groups (broad SMARTS) is 1. The van der Waals surface area contributed by atoms with Crippen LogP contribution in [0.4, 0.5) is 78.3 Å². The first-order valence-electron chi connectivity index (χ1n) is 26.9. The number of nitro groups is 1. The second-order valence-electron chi connectivity index (χ2n) is 19.4. The quantitative estimate of drug-likeness (QED) is 0.0205. The maximum atomic E-state index is 13.2. The molecule has 0 atom stereocenters. The Bertz CT molecular complexity index is 4580. The first-order valence-corrected chi connectivity index (χ1v) is 36.5. The van der Waals surface area contributed by atoms with E-state index < -0.39 is 70.9 Å². The minimum atomic E-state index is -4.85. The first-order chi connectivity index (χ1) is 45.5. The molecule has 0 unspecified atom stereocenters. The van der Waals surface area contributed by atoms with E-state index in [1.807, 2.05) is 63.2 Å². The Kier molecular flexibility index (Phi) is 26.2. The van der Waals surface area contributed by atoms with Crippen molar-refractivity contribution in [2.75, 3.05) is 27.0 Å². The number of pyridine rings is 3. The van der Waals surface area contributed by atoms with Crippen molar-refractivity contribution >= 4 is 148 Å². The number of anilines is 8. The van der Waals surface area contributed by atoms with Gasteiger partial charge in [0.25, 0.3) is 11.6 Å². The van der Waals surface area contributed by atoms with Crippen molar-refractivity contribution in [1.29, 1.82) is 0 Å². The number of aryl methyl sites for hydroxylation is 5. The maximum absolute atomic E-state index is 13.2. The van der Waals surface area contributed by atoms with Gasteiger partial charge < -0.3 is 40.9 Å². The van der Waals surface area contributed by atoms with E-state index >= 15 is 0 Å². The summed E-state index contributed by atoms with van der Waals surface area (Å²) >= 11 is 9.34. The van der Waals surface area contributed by atoms with E-state index in [1.165, 1.54) is 19.1 Å². The molecule has 0 saturated heterocycles. The number of nitrogens with two attached hydrogens (primary N) is 1. The van der Waals surface area contributed by atoms with E-state index in [0.29, 0.717) is 40.3 Å². The molecular formula is C60H46Br3Cl2F6N17O7Sn. The Morgan fingerprint density at radius 2 is 0.927 bits per heavy atom. The number of nitrogen functional groups attached to an aromatic ring is 1. The van der Waals surface area contributed by atoms with Crippen LogP contribution in [0.3, 0.4) is 0 Å². The van der Waals surface area contributed by atoms with E-state index in [-0.39, 0.29) is 29.1 Å². The molecule has 8 heterocycles. The number of carboxylic acids is 1. The SMILES string of the molecule is Cc1ccc(N)cc1Nc1nccc(-c2cncc(Br)c2)n1.Cc1ccc([N+](=O)[O-])cc1Nc1nccc(-c2cncc(Br)c2)n1.Cc1nc(C(=O)Nc2ccc(C)c(Nc3nccc(-c4cncc(Br)c4)n3)c2)c(C(F)(F)F)o1.Cc1nc(C(=O)O)c(C(F)(F)F)o1.[Cl][Sn][Cl]. The summed E-state index contributed by atoms with van der Waals surface area (Å²) < 4.78 is 86.8. The number of non-ortho nitro benzene ring substituents is 1. The number of nitro benzene ring substituents is 1. The summed E-state index contributed by atoms with van der Waals surface area (Å²) in [5.41, 5.74) is 14.3. The standard InChI is InChI=1S/C22H16BrF3N6O2.C16H12BrN5O2.C16H14BrN5.C6H4F3NO3.2ClH.Sn/c1-11-3-4-15(30-20(33)18-19(22(24,25)26)34-12(2)29-18)8-17(11)32-21-28-6-5-16(31-21)13-7-14(23)10-27-9-13;1-10-2-3-13(22(23)24)7-15(10)21-16-19-5-4-14(20-16)11-6-12(17)9-18-8-11;1-10-2-3-13(18)7-15(10)22-16-20-5-4-14(21-16)11-6-12(17)9-19-8-11;1-2-10-3(5(11)12)4(13-2)6(7,8)9;;;/h3-10H,1-2H3,(H,30,33)(H,28,31,32);2-9H,1H3,(H,19,20,21);2-9H,18H2,1H3,(H,20,21,22);1H3,(H,11,12);2*1H;/q;;;;;;+2/p-2. The first kappa shape index (κ1) is 74.1. The van der Waals surface area contributed by atoms with Crippen LogP contribution >= 0.6 is 65.6 Å². The van der Waals surface area contributed by atoms with Crippen molar-refractivity contribution in [2.45, 2.75) is 47.0 Å². The van der Waals surface area contributed by atoms with Crippen molar-refractivity contribution in [3.05, 3.63) is 222 Å². The van der Waals surface area contributed by atoms with Crippen LogP contribution in [0.25, 0.3) is 33.8 Å². The van der Waals surface area contributed by atoms with Crippen LogP contribution in [0.5, 0.6) is 0 Å². The second kappa shape index (κ2) is 33.9. The van der Waals surface area contributed by atoms with Crippen molar-refractivity contribution in [3.8, 4) is 33.8 Å².